The fourth-order valence-electron chi connectivity index (χ4n) is 1.89. The first-order valence-electron chi connectivity index (χ1n) is 5.88. The molecule has 2 rings (SSSR count). The van der Waals surface area contributed by atoms with Gasteiger partial charge < -0.3 is 20.6 Å². The van der Waals surface area contributed by atoms with Crippen LogP contribution in [0.1, 0.15) is 22.5 Å². The number of fused-ring (bicyclic) bond motifs is 1. The molecule has 0 aliphatic heterocycles. The summed E-state index contributed by atoms with van der Waals surface area (Å²) in [5.41, 5.74) is 6.70. The third-order valence-electron chi connectivity index (χ3n) is 2.75. The summed E-state index contributed by atoms with van der Waals surface area (Å²) in [6.45, 7) is 1.85. The number of nitrogens with two attached hydrogens (primary N) is 1. The minimum atomic E-state index is -1.04. The van der Waals surface area contributed by atoms with Gasteiger partial charge in [-0.3, -0.25) is 0 Å². The van der Waals surface area contributed by atoms with Crippen LogP contribution in [0.5, 0.6) is 0 Å². The van der Waals surface area contributed by atoms with Gasteiger partial charge >= 0.3 is 5.97 Å². The van der Waals surface area contributed by atoms with Crippen LogP contribution in [-0.4, -0.2) is 24.2 Å². The molecule has 1 aromatic heterocycles. The summed E-state index contributed by atoms with van der Waals surface area (Å²) in [6.07, 6.45) is 0.859. The molecule has 5 nitrogen and oxygen atoms in total. The van der Waals surface area contributed by atoms with E-state index in [9.17, 15) is 4.79 Å². The normalized spacial score (nSPS) is 10.9. The van der Waals surface area contributed by atoms with Crippen molar-refractivity contribution in [3.8, 4) is 0 Å². The van der Waals surface area contributed by atoms with Crippen LogP contribution in [-0.2, 0) is 6.54 Å². The Kier molecular flexibility index (Phi) is 3.96. The maximum absolute atomic E-state index is 11.1. The Morgan fingerprint density at radius 1 is 1.39 bits per heavy atom. The highest BCUT2D eigenvalue weighted by Gasteiger charge is 2.18. The van der Waals surface area contributed by atoms with Gasteiger partial charge in [0.2, 0.25) is 5.76 Å². The summed E-state index contributed by atoms with van der Waals surface area (Å²) in [5, 5.41) is 13.1. The SMILES string of the molecule is NCCCNCc1c(C(=O)O)oc2ccccc12. The molecule has 2 aromatic rings. The van der Waals surface area contributed by atoms with Crippen LogP contribution in [0.25, 0.3) is 11.0 Å². The van der Waals surface area contributed by atoms with Gasteiger partial charge in [-0.25, -0.2) is 4.79 Å². The largest absolute Gasteiger partial charge is 0.475 e. The standard InChI is InChI=1S/C13H16N2O3/c14-6-3-7-15-8-10-9-4-1-2-5-11(9)18-12(10)13(16)17/h1-2,4-5,15H,3,6-8,14H2,(H,16,17). The van der Waals surface area contributed by atoms with E-state index in [-0.39, 0.29) is 5.76 Å². The van der Waals surface area contributed by atoms with Crippen molar-refractivity contribution in [2.75, 3.05) is 13.1 Å². The lowest BCUT2D eigenvalue weighted by molar-refractivity contribution is 0.0663. The molecule has 96 valence electrons. The molecule has 1 aromatic carbocycles. The first kappa shape index (κ1) is 12.6. The molecule has 0 aliphatic carbocycles. The van der Waals surface area contributed by atoms with Gasteiger partial charge in [0.1, 0.15) is 5.58 Å². The van der Waals surface area contributed by atoms with Crippen molar-refractivity contribution in [2.45, 2.75) is 13.0 Å². The van der Waals surface area contributed by atoms with Crippen LogP contribution >= 0.6 is 0 Å². The molecule has 1 heterocycles. The fraction of sp³-hybridized carbons (Fsp3) is 0.308. The van der Waals surface area contributed by atoms with Gasteiger partial charge in [0.25, 0.3) is 0 Å². The molecule has 0 saturated carbocycles. The van der Waals surface area contributed by atoms with E-state index in [4.69, 9.17) is 15.3 Å². The van der Waals surface area contributed by atoms with Crippen LogP contribution in [0.4, 0.5) is 0 Å². The first-order valence-corrected chi connectivity index (χ1v) is 5.88. The number of rotatable bonds is 6. The molecular formula is C13H16N2O3. The van der Waals surface area contributed by atoms with Crippen molar-refractivity contribution in [1.29, 1.82) is 0 Å². The summed E-state index contributed by atoms with van der Waals surface area (Å²) >= 11 is 0. The van der Waals surface area contributed by atoms with Gasteiger partial charge in [0.05, 0.1) is 0 Å². The highest BCUT2D eigenvalue weighted by molar-refractivity contribution is 5.95. The molecule has 18 heavy (non-hydrogen) atoms. The van der Waals surface area contributed by atoms with Crippen molar-refractivity contribution >= 4 is 16.9 Å². The highest BCUT2D eigenvalue weighted by atomic mass is 16.4. The minimum Gasteiger partial charge on any atom is -0.475 e. The predicted octanol–water partition coefficient (Wildman–Crippen LogP) is 1.57. The molecule has 0 unspecified atom stereocenters. The van der Waals surface area contributed by atoms with E-state index in [0.29, 0.717) is 24.2 Å². The van der Waals surface area contributed by atoms with E-state index < -0.39 is 5.97 Å². The van der Waals surface area contributed by atoms with Crippen molar-refractivity contribution in [3.63, 3.8) is 0 Å². The van der Waals surface area contributed by atoms with E-state index in [1.54, 1.807) is 6.07 Å². The number of nitrogens with one attached hydrogen (secondary N) is 1. The summed E-state index contributed by atoms with van der Waals surface area (Å²) in [6, 6.07) is 7.33. The van der Waals surface area contributed by atoms with E-state index >= 15 is 0 Å². The van der Waals surface area contributed by atoms with E-state index in [1.165, 1.54) is 0 Å². The summed E-state index contributed by atoms with van der Waals surface area (Å²) < 4.78 is 5.35. The first-order chi connectivity index (χ1) is 8.74. The smallest absolute Gasteiger partial charge is 0.372 e. The van der Waals surface area contributed by atoms with Crippen LogP contribution in [0, 0.1) is 0 Å². The fourth-order valence-corrected chi connectivity index (χ4v) is 1.89. The Labute approximate surface area is 105 Å². The molecule has 0 radical (unpaired) electrons. The topological polar surface area (TPSA) is 88.5 Å². The Morgan fingerprint density at radius 3 is 2.89 bits per heavy atom. The molecular weight excluding hydrogens is 232 g/mol. The van der Waals surface area contributed by atoms with Gasteiger partial charge in [0.15, 0.2) is 0 Å². The van der Waals surface area contributed by atoms with E-state index in [0.717, 1.165) is 18.4 Å². The molecule has 0 aliphatic rings. The van der Waals surface area contributed by atoms with Crippen molar-refractivity contribution in [2.24, 2.45) is 5.73 Å². The number of hydrogen-bond donors (Lipinski definition) is 3. The highest BCUT2D eigenvalue weighted by Crippen LogP contribution is 2.25. The van der Waals surface area contributed by atoms with E-state index in [2.05, 4.69) is 5.32 Å². The maximum Gasteiger partial charge on any atom is 0.372 e. The lowest BCUT2D eigenvalue weighted by Crippen LogP contribution is -2.18. The quantitative estimate of drug-likeness (QED) is 0.675. The third kappa shape index (κ3) is 2.52. The average molecular weight is 248 g/mol. The number of aromatic carboxylic acids is 1. The Hall–Kier alpha value is -1.85. The molecule has 5 heteroatoms. The van der Waals surface area contributed by atoms with Gasteiger partial charge in [-0.05, 0) is 25.6 Å². The number of carboxylic acids is 1. The predicted molar refractivity (Wildman–Crippen MR) is 68.6 cm³/mol. The number of benzene rings is 1. The Morgan fingerprint density at radius 2 is 2.17 bits per heavy atom. The zero-order chi connectivity index (χ0) is 13.0. The second kappa shape index (κ2) is 5.66. The second-order valence-electron chi connectivity index (χ2n) is 4.03. The molecule has 0 bridgehead atoms. The summed E-state index contributed by atoms with van der Waals surface area (Å²) in [5.74, 6) is -1.03. The number of hydrogen-bond acceptors (Lipinski definition) is 4. The van der Waals surface area contributed by atoms with Crippen molar-refractivity contribution in [3.05, 3.63) is 35.6 Å². The maximum atomic E-state index is 11.1. The van der Waals surface area contributed by atoms with Crippen LogP contribution in [0.2, 0.25) is 0 Å². The zero-order valence-electron chi connectivity index (χ0n) is 9.98. The number of carboxylic acid groups (broad SMARTS) is 1. The average Bonchev–Trinajstić information content (AvgIpc) is 2.74. The number of carbonyl (C=O) groups is 1. The van der Waals surface area contributed by atoms with Gasteiger partial charge in [-0.15, -0.1) is 0 Å². The summed E-state index contributed by atoms with van der Waals surface area (Å²) in [4.78, 5) is 11.1. The molecule has 4 N–H and O–H groups in total. The lowest BCUT2D eigenvalue weighted by Gasteiger charge is -2.03. The van der Waals surface area contributed by atoms with Gasteiger partial charge in [0, 0.05) is 17.5 Å². The molecule has 0 amide bonds. The lowest BCUT2D eigenvalue weighted by atomic mass is 10.1. The second-order valence-corrected chi connectivity index (χ2v) is 4.03. The Balaban J connectivity index is 2.27. The monoisotopic (exact) mass is 248 g/mol. The molecule has 0 fully saturated rings. The minimum absolute atomic E-state index is 0.0106. The number of para-hydroxylation sites is 1. The molecule has 0 spiro atoms. The summed E-state index contributed by atoms with van der Waals surface area (Å²) in [7, 11) is 0. The van der Waals surface area contributed by atoms with Crippen LogP contribution in [0.15, 0.2) is 28.7 Å². The number of furan rings is 1. The van der Waals surface area contributed by atoms with E-state index in [1.807, 2.05) is 18.2 Å². The third-order valence-corrected chi connectivity index (χ3v) is 2.75. The van der Waals surface area contributed by atoms with Gasteiger partial charge in [-0.2, -0.15) is 0 Å². The zero-order valence-corrected chi connectivity index (χ0v) is 9.98. The van der Waals surface area contributed by atoms with Crippen molar-refractivity contribution in [1.82, 2.24) is 5.32 Å². The molecule has 0 atom stereocenters. The van der Waals surface area contributed by atoms with Crippen LogP contribution in [0.3, 0.4) is 0 Å². The van der Waals surface area contributed by atoms with Gasteiger partial charge in [-0.1, -0.05) is 18.2 Å². The molecule has 0 saturated heterocycles. The van der Waals surface area contributed by atoms with Crippen molar-refractivity contribution < 1.29 is 14.3 Å². The van der Waals surface area contributed by atoms with Crippen LogP contribution < -0.4 is 11.1 Å². The Bertz CT molecular complexity index is 548.